The summed E-state index contributed by atoms with van der Waals surface area (Å²) >= 11 is 0. The molecule has 114 valence electrons. The molecule has 4 bridgehead atoms. The quantitative estimate of drug-likeness (QED) is 0.868. The molecular formula is C17H23NO3. The number of rotatable bonds is 3. The van der Waals surface area contributed by atoms with Crippen LogP contribution >= 0.6 is 0 Å². The van der Waals surface area contributed by atoms with Crippen molar-refractivity contribution in [2.75, 3.05) is 7.11 Å². The summed E-state index contributed by atoms with van der Waals surface area (Å²) in [7, 11) is 1.36. The van der Waals surface area contributed by atoms with Crippen LogP contribution < -0.4 is 5.73 Å². The Hall–Kier alpha value is -1.29. The number of carbonyl (C=O) groups is 1. The van der Waals surface area contributed by atoms with E-state index in [2.05, 4.69) is 0 Å². The molecular weight excluding hydrogens is 266 g/mol. The lowest BCUT2D eigenvalue weighted by Crippen LogP contribution is -2.48. The van der Waals surface area contributed by atoms with E-state index in [0.717, 1.165) is 29.4 Å². The molecule has 1 unspecified atom stereocenters. The van der Waals surface area contributed by atoms with Crippen LogP contribution in [-0.2, 0) is 4.74 Å². The first-order valence-corrected chi connectivity index (χ1v) is 8.09. The summed E-state index contributed by atoms with van der Waals surface area (Å²) in [6.45, 7) is 0. The fraction of sp³-hybridized carbons (Fsp3) is 0.706. The number of ether oxygens (including phenoxy) is 1. The molecule has 0 radical (unpaired) electrons. The second-order valence-electron chi connectivity index (χ2n) is 7.23. The SMILES string of the molecule is COC(=O)c1ccc(C(N)C2C3CC4CC(C3)CC2C4)o1. The van der Waals surface area contributed by atoms with Crippen LogP contribution in [0.2, 0.25) is 0 Å². The fourth-order valence-electron chi connectivity index (χ4n) is 5.49. The third-order valence-corrected chi connectivity index (χ3v) is 6.06. The molecule has 0 aliphatic heterocycles. The molecule has 1 aromatic rings. The highest BCUT2D eigenvalue weighted by Gasteiger charge is 2.50. The predicted octanol–water partition coefficient (Wildman–Crippen LogP) is 3.14. The molecule has 1 atom stereocenters. The second kappa shape index (κ2) is 4.87. The van der Waals surface area contributed by atoms with Crippen LogP contribution in [0.25, 0.3) is 0 Å². The topological polar surface area (TPSA) is 65.5 Å². The van der Waals surface area contributed by atoms with E-state index in [1.54, 1.807) is 6.07 Å². The monoisotopic (exact) mass is 289 g/mol. The van der Waals surface area contributed by atoms with Crippen molar-refractivity contribution in [1.82, 2.24) is 0 Å². The highest BCUT2D eigenvalue weighted by atomic mass is 16.5. The minimum absolute atomic E-state index is 0.0848. The van der Waals surface area contributed by atoms with Crippen LogP contribution in [0.5, 0.6) is 0 Å². The Bertz CT molecular complexity index is 522. The van der Waals surface area contributed by atoms with Crippen LogP contribution in [0.15, 0.2) is 16.5 Å². The van der Waals surface area contributed by atoms with Crippen LogP contribution in [-0.4, -0.2) is 13.1 Å². The molecule has 0 amide bonds. The molecule has 4 fully saturated rings. The molecule has 4 heteroatoms. The van der Waals surface area contributed by atoms with Crippen LogP contribution in [0.4, 0.5) is 0 Å². The molecule has 0 saturated heterocycles. The summed E-state index contributed by atoms with van der Waals surface area (Å²) in [4.78, 5) is 11.5. The summed E-state index contributed by atoms with van der Waals surface area (Å²) in [6.07, 6.45) is 6.82. The molecule has 5 rings (SSSR count). The zero-order valence-corrected chi connectivity index (χ0v) is 12.5. The average molecular weight is 289 g/mol. The largest absolute Gasteiger partial charge is 0.463 e. The average Bonchev–Trinajstić information content (AvgIpc) is 2.95. The van der Waals surface area contributed by atoms with Gasteiger partial charge in [0.1, 0.15) is 5.76 Å². The molecule has 1 aromatic heterocycles. The molecule has 4 saturated carbocycles. The Morgan fingerprint density at radius 2 is 1.81 bits per heavy atom. The molecule has 0 aromatic carbocycles. The van der Waals surface area contributed by atoms with Gasteiger partial charge in [-0.2, -0.15) is 0 Å². The van der Waals surface area contributed by atoms with Crippen molar-refractivity contribution in [3.63, 3.8) is 0 Å². The van der Waals surface area contributed by atoms with Gasteiger partial charge in [-0.3, -0.25) is 0 Å². The number of carbonyl (C=O) groups excluding carboxylic acids is 1. The lowest BCUT2D eigenvalue weighted by Gasteiger charge is -2.55. The van der Waals surface area contributed by atoms with E-state index in [1.807, 2.05) is 6.07 Å². The Labute approximate surface area is 125 Å². The highest BCUT2D eigenvalue weighted by molar-refractivity contribution is 5.86. The maximum Gasteiger partial charge on any atom is 0.373 e. The molecule has 0 spiro atoms. The number of hydrogen-bond acceptors (Lipinski definition) is 4. The highest BCUT2D eigenvalue weighted by Crippen LogP contribution is 2.58. The van der Waals surface area contributed by atoms with Crippen molar-refractivity contribution in [1.29, 1.82) is 0 Å². The number of hydrogen-bond donors (Lipinski definition) is 1. The minimum atomic E-state index is -0.432. The fourth-order valence-corrected chi connectivity index (χ4v) is 5.49. The van der Waals surface area contributed by atoms with E-state index < -0.39 is 5.97 Å². The zero-order chi connectivity index (χ0) is 14.6. The van der Waals surface area contributed by atoms with Gasteiger partial charge in [0.15, 0.2) is 0 Å². The standard InChI is InChI=1S/C17H23NO3/c1-20-17(19)14-3-2-13(21-14)16(18)15-11-5-9-4-10(7-11)8-12(15)6-9/h2-3,9-12,15-16H,4-8,18H2,1H3. The van der Waals surface area contributed by atoms with E-state index in [0.29, 0.717) is 5.92 Å². The Morgan fingerprint density at radius 3 is 2.38 bits per heavy atom. The van der Waals surface area contributed by atoms with Crippen LogP contribution in [0, 0.1) is 29.6 Å². The summed E-state index contributed by atoms with van der Waals surface area (Å²) in [5.41, 5.74) is 6.53. The predicted molar refractivity (Wildman–Crippen MR) is 77.5 cm³/mol. The molecule has 4 nitrogen and oxygen atoms in total. The van der Waals surface area contributed by atoms with Crippen LogP contribution in [0.1, 0.15) is 54.5 Å². The smallest absolute Gasteiger partial charge is 0.373 e. The van der Waals surface area contributed by atoms with E-state index in [4.69, 9.17) is 14.9 Å². The van der Waals surface area contributed by atoms with Gasteiger partial charge >= 0.3 is 5.97 Å². The first-order valence-electron chi connectivity index (χ1n) is 8.09. The second-order valence-corrected chi connectivity index (χ2v) is 7.23. The number of esters is 1. The number of nitrogens with two attached hydrogens (primary N) is 1. The summed E-state index contributed by atoms with van der Waals surface area (Å²) < 4.78 is 10.4. The molecule has 1 heterocycles. The van der Waals surface area contributed by atoms with Gasteiger partial charge in [-0.15, -0.1) is 0 Å². The maximum absolute atomic E-state index is 11.5. The van der Waals surface area contributed by atoms with E-state index in [9.17, 15) is 4.79 Å². The molecule has 21 heavy (non-hydrogen) atoms. The maximum atomic E-state index is 11.5. The van der Waals surface area contributed by atoms with Gasteiger partial charge in [0.2, 0.25) is 5.76 Å². The van der Waals surface area contributed by atoms with Gasteiger partial charge in [-0.05, 0) is 73.8 Å². The van der Waals surface area contributed by atoms with Crippen molar-refractivity contribution in [3.05, 3.63) is 23.7 Å². The van der Waals surface area contributed by atoms with Crippen molar-refractivity contribution in [3.8, 4) is 0 Å². The van der Waals surface area contributed by atoms with Crippen molar-refractivity contribution in [2.24, 2.45) is 35.3 Å². The molecule has 4 aliphatic carbocycles. The summed E-state index contributed by atoms with van der Waals surface area (Å²) in [5, 5.41) is 0. The van der Waals surface area contributed by atoms with E-state index in [1.165, 1.54) is 39.2 Å². The zero-order valence-electron chi connectivity index (χ0n) is 12.5. The van der Waals surface area contributed by atoms with Crippen molar-refractivity contribution >= 4 is 5.97 Å². The normalized spacial score (nSPS) is 38.5. The van der Waals surface area contributed by atoms with Crippen LogP contribution in [0.3, 0.4) is 0 Å². The summed E-state index contributed by atoms with van der Waals surface area (Å²) in [6, 6.07) is 3.44. The number of methoxy groups -OCH3 is 1. The number of furan rings is 1. The first kappa shape index (κ1) is 13.4. The van der Waals surface area contributed by atoms with Crippen molar-refractivity contribution in [2.45, 2.75) is 38.1 Å². The van der Waals surface area contributed by atoms with Gasteiger partial charge in [-0.25, -0.2) is 4.79 Å². The van der Waals surface area contributed by atoms with Gasteiger partial charge < -0.3 is 14.9 Å². The lowest BCUT2D eigenvalue weighted by molar-refractivity contribution is -0.0497. The Morgan fingerprint density at radius 1 is 1.19 bits per heavy atom. The first-order chi connectivity index (χ1) is 10.2. The van der Waals surface area contributed by atoms with E-state index >= 15 is 0 Å². The third-order valence-electron chi connectivity index (χ3n) is 6.06. The minimum Gasteiger partial charge on any atom is -0.463 e. The third kappa shape index (κ3) is 2.11. The molecule has 2 N–H and O–H groups in total. The van der Waals surface area contributed by atoms with Gasteiger partial charge in [0.05, 0.1) is 13.2 Å². The van der Waals surface area contributed by atoms with Gasteiger partial charge in [0, 0.05) is 0 Å². The lowest BCUT2D eigenvalue weighted by atomic mass is 9.50. The Kier molecular flexibility index (Phi) is 3.10. The molecule has 4 aliphatic rings. The van der Waals surface area contributed by atoms with Gasteiger partial charge in [0.25, 0.3) is 0 Å². The summed E-state index contributed by atoms with van der Waals surface area (Å²) in [5.74, 6) is 4.48. The van der Waals surface area contributed by atoms with Gasteiger partial charge in [-0.1, -0.05) is 0 Å². The van der Waals surface area contributed by atoms with E-state index in [-0.39, 0.29) is 11.8 Å². The Balaban J connectivity index is 1.56. The van der Waals surface area contributed by atoms with Crippen molar-refractivity contribution < 1.29 is 13.9 Å².